The van der Waals surface area contributed by atoms with Crippen LogP contribution in [-0.2, 0) is 14.3 Å². The van der Waals surface area contributed by atoms with Crippen LogP contribution in [0.1, 0.15) is 26.2 Å². The van der Waals surface area contributed by atoms with Crippen molar-refractivity contribution < 1.29 is 19.4 Å². The first kappa shape index (κ1) is 15.3. The number of aliphatic hydroxyl groups is 1. The van der Waals surface area contributed by atoms with Gasteiger partial charge in [-0.05, 0) is 19.8 Å². The van der Waals surface area contributed by atoms with Gasteiger partial charge in [0.25, 0.3) is 0 Å². The lowest BCUT2D eigenvalue weighted by molar-refractivity contribution is -0.121. The first-order valence-corrected chi connectivity index (χ1v) is 5.68. The Morgan fingerprint density at radius 3 is 2.81 bits per heavy atom. The molecule has 0 heterocycles. The Balaban J connectivity index is 3.24. The van der Waals surface area contributed by atoms with E-state index in [0.29, 0.717) is 26.2 Å². The van der Waals surface area contributed by atoms with E-state index in [0.717, 1.165) is 12.8 Å². The molecule has 0 saturated heterocycles. The molecule has 5 heteroatoms. The summed E-state index contributed by atoms with van der Waals surface area (Å²) < 4.78 is 10.1. The van der Waals surface area contributed by atoms with E-state index in [1.54, 1.807) is 7.11 Å². The molecular weight excluding hydrogens is 210 g/mol. The summed E-state index contributed by atoms with van der Waals surface area (Å²) in [5.74, 6) is 0.0473. The molecule has 0 fully saturated rings. The third-order valence-electron chi connectivity index (χ3n) is 2.20. The van der Waals surface area contributed by atoms with E-state index < -0.39 is 0 Å². The van der Waals surface area contributed by atoms with Crippen molar-refractivity contribution in [2.75, 3.05) is 33.5 Å². The molecule has 0 aliphatic carbocycles. The number of ether oxygens (including phenoxy) is 2. The normalized spacial score (nSPS) is 12.4. The highest BCUT2D eigenvalue weighted by Crippen LogP contribution is 1.99. The molecule has 0 rings (SSSR count). The van der Waals surface area contributed by atoms with Gasteiger partial charge in [0.15, 0.2) is 0 Å². The third-order valence-corrected chi connectivity index (χ3v) is 2.20. The minimum atomic E-state index is 0.0429. The Bertz CT molecular complexity index is 175. The van der Waals surface area contributed by atoms with E-state index in [9.17, 15) is 4.79 Å². The Morgan fingerprint density at radius 1 is 1.44 bits per heavy atom. The number of aliphatic hydroxyl groups excluding tert-OH is 1. The zero-order valence-electron chi connectivity index (χ0n) is 10.2. The lowest BCUT2D eigenvalue weighted by Crippen LogP contribution is -2.26. The van der Waals surface area contributed by atoms with Gasteiger partial charge < -0.3 is 19.9 Å². The van der Waals surface area contributed by atoms with Gasteiger partial charge in [-0.3, -0.25) is 4.79 Å². The Kier molecular flexibility index (Phi) is 10.4. The predicted molar refractivity (Wildman–Crippen MR) is 61.2 cm³/mol. The van der Waals surface area contributed by atoms with Crippen LogP contribution < -0.4 is 5.32 Å². The maximum Gasteiger partial charge on any atom is 0.220 e. The van der Waals surface area contributed by atoms with Gasteiger partial charge in [0.2, 0.25) is 5.91 Å². The molecular formula is C11H23NO4. The molecule has 96 valence electrons. The van der Waals surface area contributed by atoms with Crippen molar-refractivity contribution in [1.29, 1.82) is 0 Å². The molecule has 0 saturated carbocycles. The summed E-state index contributed by atoms with van der Waals surface area (Å²) in [6, 6.07) is 0. The van der Waals surface area contributed by atoms with Crippen LogP contribution in [0.3, 0.4) is 0 Å². The summed E-state index contributed by atoms with van der Waals surface area (Å²) >= 11 is 0. The lowest BCUT2D eigenvalue weighted by Gasteiger charge is -2.09. The second-order valence-corrected chi connectivity index (χ2v) is 3.62. The summed E-state index contributed by atoms with van der Waals surface area (Å²) in [5.41, 5.74) is 0. The Hall–Kier alpha value is -0.650. The highest BCUT2D eigenvalue weighted by molar-refractivity contribution is 5.75. The quantitative estimate of drug-likeness (QED) is 0.533. The molecule has 2 N–H and O–H groups in total. The molecule has 0 aliphatic heterocycles. The van der Waals surface area contributed by atoms with Crippen LogP contribution >= 0.6 is 0 Å². The van der Waals surface area contributed by atoms with Gasteiger partial charge in [0.1, 0.15) is 0 Å². The minimum absolute atomic E-state index is 0.0429. The molecule has 0 radical (unpaired) electrons. The number of rotatable bonds is 10. The van der Waals surface area contributed by atoms with E-state index in [1.807, 2.05) is 6.92 Å². The van der Waals surface area contributed by atoms with E-state index in [1.165, 1.54) is 0 Å². The second kappa shape index (κ2) is 10.9. The highest BCUT2D eigenvalue weighted by atomic mass is 16.5. The molecule has 0 aromatic rings. The fourth-order valence-corrected chi connectivity index (χ4v) is 1.11. The number of hydrogen-bond donors (Lipinski definition) is 2. The summed E-state index contributed by atoms with van der Waals surface area (Å²) in [5, 5.41) is 11.3. The van der Waals surface area contributed by atoms with E-state index >= 15 is 0 Å². The fourth-order valence-electron chi connectivity index (χ4n) is 1.11. The van der Waals surface area contributed by atoms with Gasteiger partial charge in [-0.25, -0.2) is 0 Å². The minimum Gasteiger partial charge on any atom is -0.394 e. The van der Waals surface area contributed by atoms with Crippen LogP contribution in [-0.4, -0.2) is 50.6 Å². The molecule has 5 nitrogen and oxygen atoms in total. The summed E-state index contributed by atoms with van der Waals surface area (Å²) in [7, 11) is 1.64. The second-order valence-electron chi connectivity index (χ2n) is 3.62. The standard InChI is InChI=1S/C11H23NO4/c1-10(15-2)4-5-11(14)12-6-3-8-16-9-7-13/h10,13H,3-9H2,1-2H3,(H,12,14). The van der Waals surface area contributed by atoms with Crippen molar-refractivity contribution >= 4 is 5.91 Å². The zero-order chi connectivity index (χ0) is 12.2. The predicted octanol–water partition coefficient (Wildman–Crippen LogP) is 0.317. The number of carbonyl (C=O) groups is 1. The van der Waals surface area contributed by atoms with Crippen molar-refractivity contribution in [3.63, 3.8) is 0 Å². The molecule has 1 amide bonds. The SMILES string of the molecule is COC(C)CCC(=O)NCCCOCCO. The molecule has 0 spiro atoms. The molecule has 0 bridgehead atoms. The van der Waals surface area contributed by atoms with Gasteiger partial charge in [-0.15, -0.1) is 0 Å². The molecule has 0 aromatic heterocycles. The number of hydrogen-bond acceptors (Lipinski definition) is 4. The highest BCUT2D eigenvalue weighted by Gasteiger charge is 2.04. The van der Waals surface area contributed by atoms with Gasteiger partial charge in [0, 0.05) is 26.7 Å². The Morgan fingerprint density at radius 2 is 2.19 bits per heavy atom. The number of methoxy groups -OCH3 is 1. The molecule has 1 atom stereocenters. The van der Waals surface area contributed by atoms with E-state index in [2.05, 4.69) is 5.32 Å². The van der Waals surface area contributed by atoms with Gasteiger partial charge in [-0.2, -0.15) is 0 Å². The van der Waals surface area contributed by atoms with Crippen LogP contribution in [0.4, 0.5) is 0 Å². The summed E-state index contributed by atoms with van der Waals surface area (Å²) in [6.45, 7) is 3.53. The van der Waals surface area contributed by atoms with Crippen LogP contribution in [0, 0.1) is 0 Å². The van der Waals surface area contributed by atoms with Crippen LogP contribution in [0.2, 0.25) is 0 Å². The first-order valence-electron chi connectivity index (χ1n) is 5.68. The van der Waals surface area contributed by atoms with Crippen molar-refractivity contribution in [2.24, 2.45) is 0 Å². The zero-order valence-corrected chi connectivity index (χ0v) is 10.2. The monoisotopic (exact) mass is 233 g/mol. The summed E-state index contributed by atoms with van der Waals surface area (Å²) in [4.78, 5) is 11.3. The average Bonchev–Trinajstić information content (AvgIpc) is 2.30. The van der Waals surface area contributed by atoms with Crippen molar-refractivity contribution in [3.05, 3.63) is 0 Å². The molecule has 16 heavy (non-hydrogen) atoms. The van der Waals surface area contributed by atoms with Gasteiger partial charge in [0.05, 0.1) is 19.3 Å². The fraction of sp³-hybridized carbons (Fsp3) is 0.909. The summed E-state index contributed by atoms with van der Waals surface area (Å²) in [6.07, 6.45) is 2.13. The van der Waals surface area contributed by atoms with E-state index in [-0.39, 0.29) is 18.6 Å². The maximum atomic E-state index is 11.3. The van der Waals surface area contributed by atoms with Crippen molar-refractivity contribution in [2.45, 2.75) is 32.3 Å². The number of carbonyl (C=O) groups excluding carboxylic acids is 1. The number of nitrogens with one attached hydrogen (secondary N) is 1. The maximum absolute atomic E-state index is 11.3. The molecule has 0 aliphatic rings. The first-order chi connectivity index (χ1) is 7.70. The Labute approximate surface area is 97.1 Å². The van der Waals surface area contributed by atoms with Crippen LogP contribution in [0.25, 0.3) is 0 Å². The number of amides is 1. The van der Waals surface area contributed by atoms with E-state index in [4.69, 9.17) is 14.6 Å². The molecule has 0 aromatic carbocycles. The lowest BCUT2D eigenvalue weighted by atomic mass is 10.2. The van der Waals surface area contributed by atoms with Crippen LogP contribution in [0.5, 0.6) is 0 Å². The third kappa shape index (κ3) is 9.89. The largest absolute Gasteiger partial charge is 0.394 e. The van der Waals surface area contributed by atoms with Crippen molar-refractivity contribution in [3.8, 4) is 0 Å². The smallest absolute Gasteiger partial charge is 0.220 e. The van der Waals surface area contributed by atoms with Crippen molar-refractivity contribution in [1.82, 2.24) is 5.32 Å². The topological polar surface area (TPSA) is 67.8 Å². The van der Waals surface area contributed by atoms with Gasteiger partial charge >= 0.3 is 0 Å². The van der Waals surface area contributed by atoms with Crippen LogP contribution in [0.15, 0.2) is 0 Å². The average molecular weight is 233 g/mol. The van der Waals surface area contributed by atoms with Gasteiger partial charge in [-0.1, -0.05) is 0 Å². The molecule has 1 unspecified atom stereocenters.